The molecule has 0 nitrogen and oxygen atoms in total. The number of rotatable bonds is 7. The van der Waals surface area contributed by atoms with Gasteiger partial charge in [0.05, 0.1) is 0 Å². The first-order chi connectivity index (χ1) is 21.3. The summed E-state index contributed by atoms with van der Waals surface area (Å²) >= 11 is 0. The normalized spacial score (nSPS) is 11.3. The largest absolute Gasteiger partial charge is 0.0622 e. The van der Waals surface area contributed by atoms with Gasteiger partial charge in [-0.3, -0.25) is 0 Å². The molecule has 43 heavy (non-hydrogen) atoms. The molecule has 206 valence electrons. The van der Waals surface area contributed by atoms with Gasteiger partial charge >= 0.3 is 0 Å². The first-order valence-electron chi connectivity index (χ1n) is 14.7. The molecule has 0 bridgehead atoms. The van der Waals surface area contributed by atoms with Gasteiger partial charge in [0.1, 0.15) is 0 Å². The smallest absolute Gasteiger partial charge is 0.00124 e. The standard InChI is InChI=1S/C41H32P2/c1-31-17-16-28-38(42(33-19-6-2-7-20-33)34-21-8-3-9-22-34)40(31)41-37-27-15-14-18-32(37)29-30-39(41)43(35-23-10-4-11-24-35)36-25-12-5-13-26-36/h2-30H,1H3. The molecule has 0 N–H and O–H groups in total. The third-order valence-corrected chi connectivity index (χ3v) is 12.9. The summed E-state index contributed by atoms with van der Waals surface area (Å²) in [5.41, 5.74) is 4.04. The molecule has 0 fully saturated rings. The van der Waals surface area contributed by atoms with Crippen molar-refractivity contribution in [1.82, 2.24) is 0 Å². The number of aryl methyl sites for hydroxylation is 1. The summed E-state index contributed by atoms with van der Waals surface area (Å²) in [6.45, 7) is 2.29. The number of hydrogen-bond acceptors (Lipinski definition) is 0. The van der Waals surface area contributed by atoms with Gasteiger partial charge in [0.25, 0.3) is 0 Å². The van der Waals surface area contributed by atoms with Crippen LogP contribution >= 0.6 is 15.8 Å². The van der Waals surface area contributed by atoms with Crippen LogP contribution in [-0.2, 0) is 0 Å². The number of hydrogen-bond donors (Lipinski definition) is 0. The van der Waals surface area contributed by atoms with E-state index in [1.807, 2.05) is 0 Å². The molecule has 0 atom stereocenters. The topological polar surface area (TPSA) is 0 Å². The fourth-order valence-corrected chi connectivity index (χ4v) is 11.1. The molecule has 0 unspecified atom stereocenters. The van der Waals surface area contributed by atoms with E-state index in [1.165, 1.54) is 59.3 Å². The number of fused-ring (bicyclic) bond motifs is 1. The van der Waals surface area contributed by atoms with Gasteiger partial charge in [-0.25, -0.2) is 0 Å². The summed E-state index contributed by atoms with van der Waals surface area (Å²) in [5.74, 6) is 0. The maximum Gasteiger partial charge on any atom is -0.00124 e. The van der Waals surface area contributed by atoms with Crippen LogP contribution in [0.3, 0.4) is 0 Å². The lowest BCUT2D eigenvalue weighted by Gasteiger charge is -2.28. The molecule has 0 heterocycles. The molecule has 0 aliphatic carbocycles. The van der Waals surface area contributed by atoms with E-state index in [9.17, 15) is 0 Å². The summed E-state index contributed by atoms with van der Waals surface area (Å²) in [5, 5.41) is 10.9. The molecular formula is C41H32P2. The van der Waals surface area contributed by atoms with E-state index in [2.05, 4.69) is 183 Å². The van der Waals surface area contributed by atoms with Crippen molar-refractivity contribution < 1.29 is 0 Å². The van der Waals surface area contributed by atoms with Crippen LogP contribution in [0, 0.1) is 6.92 Å². The summed E-state index contributed by atoms with van der Waals surface area (Å²) in [4.78, 5) is 0. The summed E-state index contributed by atoms with van der Waals surface area (Å²) in [6.07, 6.45) is 0. The van der Waals surface area contributed by atoms with Crippen LogP contribution in [0.1, 0.15) is 5.56 Å². The molecule has 7 rings (SSSR count). The Morgan fingerprint density at radius 1 is 0.326 bits per heavy atom. The van der Waals surface area contributed by atoms with Crippen molar-refractivity contribution in [2.75, 3.05) is 0 Å². The van der Waals surface area contributed by atoms with Gasteiger partial charge in [0.2, 0.25) is 0 Å². The van der Waals surface area contributed by atoms with Gasteiger partial charge in [-0.1, -0.05) is 176 Å². The van der Waals surface area contributed by atoms with Crippen molar-refractivity contribution in [2.45, 2.75) is 6.92 Å². The molecule has 7 aromatic rings. The van der Waals surface area contributed by atoms with Gasteiger partial charge in [0.15, 0.2) is 0 Å². The van der Waals surface area contributed by atoms with Crippen LogP contribution < -0.4 is 31.8 Å². The van der Waals surface area contributed by atoms with Crippen molar-refractivity contribution in [3.63, 3.8) is 0 Å². The predicted octanol–water partition coefficient (Wildman–Crippen LogP) is 8.33. The second kappa shape index (κ2) is 12.5. The Kier molecular flexibility index (Phi) is 7.98. The number of benzene rings is 7. The van der Waals surface area contributed by atoms with Crippen molar-refractivity contribution >= 4 is 58.4 Å². The van der Waals surface area contributed by atoms with Crippen molar-refractivity contribution in [2.24, 2.45) is 0 Å². The minimum atomic E-state index is -0.809. The monoisotopic (exact) mass is 586 g/mol. The van der Waals surface area contributed by atoms with Crippen molar-refractivity contribution in [3.05, 3.63) is 181 Å². The van der Waals surface area contributed by atoms with Crippen LogP contribution in [0.4, 0.5) is 0 Å². The Morgan fingerprint density at radius 3 is 1.23 bits per heavy atom. The minimum Gasteiger partial charge on any atom is -0.0622 e. The highest BCUT2D eigenvalue weighted by Gasteiger charge is 2.27. The van der Waals surface area contributed by atoms with Crippen molar-refractivity contribution in [1.29, 1.82) is 0 Å². The first-order valence-corrected chi connectivity index (χ1v) is 17.4. The highest BCUT2D eigenvalue weighted by Crippen LogP contribution is 2.44. The third-order valence-electron chi connectivity index (χ3n) is 7.95. The van der Waals surface area contributed by atoms with Crippen LogP contribution in [0.25, 0.3) is 21.9 Å². The van der Waals surface area contributed by atoms with Crippen LogP contribution in [-0.4, -0.2) is 0 Å². The molecule has 0 saturated heterocycles. The van der Waals surface area contributed by atoms with Crippen LogP contribution in [0.2, 0.25) is 0 Å². The molecule has 0 spiro atoms. The molecule has 0 radical (unpaired) electrons. The van der Waals surface area contributed by atoms with Gasteiger partial charge in [-0.05, 0) is 82.1 Å². The Balaban J connectivity index is 1.58. The SMILES string of the molecule is Cc1cccc(P(c2ccccc2)c2ccccc2)c1-c1c(P(c2ccccc2)c2ccccc2)ccc2ccccc12. The van der Waals surface area contributed by atoms with Gasteiger partial charge < -0.3 is 0 Å². The Bertz CT molecular complexity index is 1890. The van der Waals surface area contributed by atoms with Gasteiger partial charge in [0, 0.05) is 0 Å². The summed E-state index contributed by atoms with van der Waals surface area (Å²) < 4.78 is 0. The zero-order valence-corrected chi connectivity index (χ0v) is 25.9. The average molecular weight is 587 g/mol. The highest BCUT2D eigenvalue weighted by atomic mass is 31.1. The zero-order chi connectivity index (χ0) is 29.0. The fourth-order valence-electron chi connectivity index (χ4n) is 6.04. The van der Waals surface area contributed by atoms with E-state index in [-0.39, 0.29) is 0 Å². The summed E-state index contributed by atoms with van der Waals surface area (Å²) in [7, 11) is -1.60. The maximum atomic E-state index is 2.41. The molecule has 7 aromatic carbocycles. The van der Waals surface area contributed by atoms with E-state index >= 15 is 0 Å². The Hall–Kier alpha value is -4.34. The zero-order valence-electron chi connectivity index (χ0n) is 24.1. The molecule has 2 heteroatoms. The third kappa shape index (κ3) is 5.46. The fraction of sp³-hybridized carbons (Fsp3) is 0.0244. The lowest BCUT2D eigenvalue weighted by atomic mass is 9.95. The quantitative estimate of drug-likeness (QED) is 0.165. The van der Waals surface area contributed by atoms with Crippen LogP contribution in [0.15, 0.2) is 176 Å². The van der Waals surface area contributed by atoms with E-state index < -0.39 is 15.8 Å². The Labute approximate surface area is 257 Å². The van der Waals surface area contributed by atoms with Gasteiger partial charge in [-0.2, -0.15) is 0 Å². The van der Waals surface area contributed by atoms with E-state index in [1.54, 1.807) is 0 Å². The first kappa shape index (κ1) is 27.5. The minimum absolute atomic E-state index is 0.795. The lowest BCUT2D eigenvalue weighted by molar-refractivity contribution is 1.49. The molecule has 0 saturated carbocycles. The van der Waals surface area contributed by atoms with E-state index in [0.29, 0.717) is 0 Å². The van der Waals surface area contributed by atoms with Gasteiger partial charge in [-0.15, -0.1) is 0 Å². The van der Waals surface area contributed by atoms with E-state index in [4.69, 9.17) is 0 Å². The second-order valence-electron chi connectivity index (χ2n) is 10.7. The second-order valence-corrected chi connectivity index (χ2v) is 15.0. The van der Waals surface area contributed by atoms with E-state index in [0.717, 1.165) is 0 Å². The molecule has 0 aliphatic heterocycles. The molecule has 0 amide bonds. The maximum absolute atomic E-state index is 2.41. The molecule has 0 aromatic heterocycles. The average Bonchev–Trinajstić information content (AvgIpc) is 3.07. The molecule has 0 aliphatic rings. The van der Waals surface area contributed by atoms with Crippen molar-refractivity contribution in [3.8, 4) is 11.1 Å². The molecular weight excluding hydrogens is 554 g/mol. The highest BCUT2D eigenvalue weighted by molar-refractivity contribution is 7.80. The lowest BCUT2D eigenvalue weighted by Crippen LogP contribution is -2.26. The van der Waals surface area contributed by atoms with Crippen LogP contribution in [0.5, 0.6) is 0 Å². The predicted molar refractivity (Wildman–Crippen MR) is 192 cm³/mol. The summed E-state index contributed by atoms with van der Waals surface area (Å²) in [6, 6.07) is 64.9. The Morgan fingerprint density at radius 2 is 0.744 bits per heavy atom.